The molecule has 0 radical (unpaired) electrons. The molecule has 0 unspecified atom stereocenters. The van der Waals surface area contributed by atoms with E-state index >= 15 is 0 Å². The summed E-state index contributed by atoms with van der Waals surface area (Å²) >= 11 is 0. The molecule has 5 heteroatoms. The first kappa shape index (κ1) is 16.3. The van der Waals surface area contributed by atoms with E-state index in [4.69, 9.17) is 4.42 Å². The third-order valence-electron chi connectivity index (χ3n) is 4.62. The van der Waals surface area contributed by atoms with E-state index in [0.717, 1.165) is 11.3 Å². The van der Waals surface area contributed by atoms with Crippen LogP contribution in [-0.4, -0.2) is 22.3 Å². The lowest BCUT2D eigenvalue weighted by Gasteiger charge is -2.33. The van der Waals surface area contributed by atoms with Crippen LogP contribution in [0.25, 0.3) is 0 Å². The van der Waals surface area contributed by atoms with Gasteiger partial charge in [0.05, 0.1) is 6.54 Å². The normalized spacial score (nSPS) is 20.4. The predicted octanol–water partition coefficient (Wildman–Crippen LogP) is 2.79. The van der Waals surface area contributed by atoms with Gasteiger partial charge in [-0.25, -0.2) is 0 Å². The first-order valence-corrected chi connectivity index (χ1v) is 8.17. The number of hydrogen-bond donors (Lipinski definition) is 1. The molecule has 2 heterocycles. The molecule has 2 amide bonds. The van der Waals surface area contributed by atoms with Crippen LogP contribution in [0.3, 0.4) is 0 Å². The maximum absolute atomic E-state index is 12.8. The highest BCUT2D eigenvalue weighted by Gasteiger charge is 2.47. The average Bonchev–Trinajstić information content (AvgIpc) is 3.12. The van der Waals surface area contributed by atoms with Gasteiger partial charge in [-0.15, -0.1) is 0 Å². The zero-order chi connectivity index (χ0) is 17.2. The Morgan fingerprint density at radius 2 is 2.00 bits per heavy atom. The van der Waals surface area contributed by atoms with E-state index in [2.05, 4.69) is 5.32 Å². The molecular formula is C19H22N2O3. The quantitative estimate of drug-likeness (QED) is 0.919. The van der Waals surface area contributed by atoms with Crippen molar-refractivity contribution >= 4 is 11.8 Å². The summed E-state index contributed by atoms with van der Waals surface area (Å²) in [6.07, 6.45) is 0.904. The molecule has 1 aliphatic heterocycles. The number of rotatable bonds is 5. The number of benzene rings is 1. The minimum Gasteiger partial charge on any atom is -0.464 e. The summed E-state index contributed by atoms with van der Waals surface area (Å²) in [5, 5.41) is 2.96. The van der Waals surface area contributed by atoms with Crippen LogP contribution in [0.1, 0.15) is 36.8 Å². The number of aryl methyl sites for hydroxylation is 1. The van der Waals surface area contributed by atoms with Crippen LogP contribution in [0, 0.1) is 6.92 Å². The summed E-state index contributed by atoms with van der Waals surface area (Å²) in [7, 11) is 0. The standard InChI is InChI=1S/C19H22N2O3/c1-14-8-9-16(24-14)13-21-17(22)10-11-19(21,2)18(23)20-12-15-6-4-3-5-7-15/h3-9H,10-13H2,1-2H3,(H,20,23)/t19-/m0/s1. The molecule has 1 atom stereocenters. The van der Waals surface area contributed by atoms with Crippen molar-refractivity contribution in [3.05, 3.63) is 59.5 Å². The van der Waals surface area contributed by atoms with Crippen molar-refractivity contribution in [3.63, 3.8) is 0 Å². The fourth-order valence-electron chi connectivity index (χ4n) is 3.09. The third kappa shape index (κ3) is 3.20. The highest BCUT2D eigenvalue weighted by atomic mass is 16.3. The molecule has 0 spiro atoms. The Morgan fingerprint density at radius 3 is 2.67 bits per heavy atom. The van der Waals surface area contributed by atoms with Gasteiger partial charge in [0.25, 0.3) is 0 Å². The summed E-state index contributed by atoms with van der Waals surface area (Å²) in [6, 6.07) is 13.5. The fraction of sp³-hybridized carbons (Fsp3) is 0.368. The van der Waals surface area contributed by atoms with Gasteiger partial charge in [0, 0.05) is 13.0 Å². The first-order chi connectivity index (χ1) is 11.5. The van der Waals surface area contributed by atoms with E-state index in [1.165, 1.54) is 0 Å². The zero-order valence-electron chi connectivity index (χ0n) is 14.0. The van der Waals surface area contributed by atoms with E-state index in [1.54, 1.807) is 4.90 Å². The van der Waals surface area contributed by atoms with E-state index in [9.17, 15) is 9.59 Å². The monoisotopic (exact) mass is 326 g/mol. The summed E-state index contributed by atoms with van der Waals surface area (Å²) < 4.78 is 5.57. The Hall–Kier alpha value is -2.56. The minimum absolute atomic E-state index is 0.0126. The number of hydrogen-bond acceptors (Lipinski definition) is 3. The number of amides is 2. The number of carbonyl (C=O) groups excluding carboxylic acids is 2. The van der Waals surface area contributed by atoms with Gasteiger partial charge in [-0.05, 0) is 38.0 Å². The van der Waals surface area contributed by atoms with Crippen LogP contribution < -0.4 is 5.32 Å². The maximum Gasteiger partial charge on any atom is 0.245 e. The molecule has 0 aliphatic carbocycles. The van der Waals surface area contributed by atoms with Crippen LogP contribution in [0.5, 0.6) is 0 Å². The summed E-state index contributed by atoms with van der Waals surface area (Å²) in [4.78, 5) is 26.7. The van der Waals surface area contributed by atoms with Gasteiger partial charge in [-0.3, -0.25) is 9.59 Å². The van der Waals surface area contributed by atoms with E-state index in [0.29, 0.717) is 31.7 Å². The van der Waals surface area contributed by atoms with Crippen molar-refractivity contribution in [2.45, 2.75) is 45.3 Å². The van der Waals surface area contributed by atoms with Gasteiger partial charge < -0.3 is 14.6 Å². The largest absolute Gasteiger partial charge is 0.464 e. The SMILES string of the molecule is Cc1ccc(CN2C(=O)CC[C@@]2(C)C(=O)NCc2ccccc2)o1. The maximum atomic E-state index is 12.8. The molecule has 1 aliphatic rings. The highest BCUT2D eigenvalue weighted by Crippen LogP contribution is 2.32. The molecule has 2 aromatic rings. The number of furan rings is 1. The lowest BCUT2D eigenvalue weighted by atomic mass is 9.97. The fourth-order valence-corrected chi connectivity index (χ4v) is 3.09. The second-order valence-electron chi connectivity index (χ2n) is 6.43. The Morgan fingerprint density at radius 1 is 1.25 bits per heavy atom. The molecule has 1 N–H and O–H groups in total. The van der Waals surface area contributed by atoms with Gasteiger partial charge in [0.1, 0.15) is 17.1 Å². The molecule has 1 aromatic heterocycles. The lowest BCUT2D eigenvalue weighted by molar-refractivity contribution is -0.141. The molecular weight excluding hydrogens is 304 g/mol. The van der Waals surface area contributed by atoms with Crippen molar-refractivity contribution in [3.8, 4) is 0 Å². The number of nitrogens with one attached hydrogen (secondary N) is 1. The van der Waals surface area contributed by atoms with Crippen LogP contribution >= 0.6 is 0 Å². The first-order valence-electron chi connectivity index (χ1n) is 8.17. The minimum atomic E-state index is -0.841. The number of likely N-dealkylation sites (tertiary alicyclic amines) is 1. The molecule has 126 valence electrons. The van der Waals surface area contributed by atoms with Crippen molar-refractivity contribution in [2.75, 3.05) is 0 Å². The molecule has 3 rings (SSSR count). The van der Waals surface area contributed by atoms with Crippen molar-refractivity contribution in [1.29, 1.82) is 0 Å². The second-order valence-corrected chi connectivity index (χ2v) is 6.43. The van der Waals surface area contributed by atoms with Crippen LogP contribution in [0.15, 0.2) is 46.9 Å². The topological polar surface area (TPSA) is 62.6 Å². The van der Waals surface area contributed by atoms with E-state index in [1.807, 2.05) is 56.3 Å². The van der Waals surface area contributed by atoms with Crippen LogP contribution in [-0.2, 0) is 22.7 Å². The summed E-state index contributed by atoms with van der Waals surface area (Å²) in [5.41, 5.74) is 0.194. The van der Waals surface area contributed by atoms with Crippen LogP contribution in [0.2, 0.25) is 0 Å². The average molecular weight is 326 g/mol. The Kier molecular flexibility index (Phi) is 4.42. The van der Waals surface area contributed by atoms with Gasteiger partial charge in [0.2, 0.25) is 11.8 Å². The molecule has 0 bridgehead atoms. The molecule has 1 saturated heterocycles. The van der Waals surface area contributed by atoms with Crippen molar-refractivity contribution in [2.24, 2.45) is 0 Å². The van der Waals surface area contributed by atoms with Gasteiger partial charge >= 0.3 is 0 Å². The predicted molar refractivity (Wildman–Crippen MR) is 89.9 cm³/mol. The van der Waals surface area contributed by atoms with E-state index < -0.39 is 5.54 Å². The Bertz CT molecular complexity index is 738. The second kappa shape index (κ2) is 6.51. The molecule has 1 fully saturated rings. The Balaban J connectivity index is 1.71. The summed E-state index contributed by atoms with van der Waals surface area (Å²) in [6.45, 7) is 4.47. The van der Waals surface area contributed by atoms with Gasteiger partial charge in [-0.1, -0.05) is 30.3 Å². The van der Waals surface area contributed by atoms with Crippen molar-refractivity contribution in [1.82, 2.24) is 10.2 Å². The molecule has 5 nitrogen and oxygen atoms in total. The van der Waals surface area contributed by atoms with Crippen molar-refractivity contribution < 1.29 is 14.0 Å². The summed E-state index contributed by atoms with van der Waals surface area (Å²) in [5.74, 6) is 1.36. The zero-order valence-corrected chi connectivity index (χ0v) is 14.0. The molecule has 0 saturated carbocycles. The molecule has 24 heavy (non-hydrogen) atoms. The Labute approximate surface area is 141 Å². The number of nitrogens with zero attached hydrogens (tertiary/aromatic N) is 1. The van der Waals surface area contributed by atoms with Gasteiger partial charge in [0.15, 0.2) is 0 Å². The third-order valence-corrected chi connectivity index (χ3v) is 4.62. The van der Waals surface area contributed by atoms with E-state index in [-0.39, 0.29) is 11.8 Å². The number of carbonyl (C=O) groups is 2. The lowest BCUT2D eigenvalue weighted by Crippen LogP contribution is -2.53. The molecule has 1 aromatic carbocycles. The van der Waals surface area contributed by atoms with Crippen LogP contribution in [0.4, 0.5) is 0 Å². The van der Waals surface area contributed by atoms with Gasteiger partial charge in [-0.2, -0.15) is 0 Å². The highest BCUT2D eigenvalue weighted by molar-refractivity contribution is 5.94. The smallest absolute Gasteiger partial charge is 0.245 e.